The van der Waals surface area contributed by atoms with Gasteiger partial charge in [-0.1, -0.05) is 12.1 Å². The highest BCUT2D eigenvalue weighted by Gasteiger charge is 2.35. The van der Waals surface area contributed by atoms with Gasteiger partial charge < -0.3 is 4.98 Å². The van der Waals surface area contributed by atoms with Gasteiger partial charge in [0.25, 0.3) is 0 Å². The van der Waals surface area contributed by atoms with Crippen molar-refractivity contribution < 1.29 is 13.2 Å². The Balaban J connectivity index is 2.11. The van der Waals surface area contributed by atoms with Crippen LogP contribution in [0.5, 0.6) is 0 Å². The summed E-state index contributed by atoms with van der Waals surface area (Å²) < 4.78 is 37.6. The minimum atomic E-state index is -4.62. The molecule has 0 fully saturated rings. The van der Waals surface area contributed by atoms with E-state index in [-0.39, 0.29) is 5.65 Å². The number of H-pyrrole nitrogens is 1. The Labute approximate surface area is 116 Å². The van der Waals surface area contributed by atoms with Crippen molar-refractivity contribution in [2.75, 3.05) is 0 Å². The number of nitrogens with zero attached hydrogens (tertiary/aromatic N) is 4. The second-order valence-electron chi connectivity index (χ2n) is 4.21. The summed E-state index contributed by atoms with van der Waals surface area (Å²) in [4.78, 5) is 13.5. The first-order chi connectivity index (χ1) is 9.97. The highest BCUT2D eigenvalue weighted by molar-refractivity contribution is 5.75. The van der Waals surface area contributed by atoms with E-state index >= 15 is 0 Å². The first-order valence-corrected chi connectivity index (χ1v) is 5.78. The summed E-state index contributed by atoms with van der Waals surface area (Å²) in [7, 11) is 0. The van der Waals surface area contributed by atoms with Gasteiger partial charge in [0.15, 0.2) is 5.65 Å². The van der Waals surface area contributed by atoms with Crippen molar-refractivity contribution in [1.82, 2.24) is 19.9 Å². The SMILES string of the molecule is N#Cc1cccc(-c2nc3nc(C(F)(F)F)ncc3[nH]2)c1. The quantitative estimate of drug-likeness (QED) is 0.747. The molecular formula is C13H6F3N5. The molecule has 0 radical (unpaired) electrons. The summed E-state index contributed by atoms with van der Waals surface area (Å²) in [5.74, 6) is -0.908. The zero-order valence-electron chi connectivity index (χ0n) is 10.3. The number of nitrogens with one attached hydrogen (secondary N) is 1. The van der Waals surface area contributed by atoms with E-state index < -0.39 is 12.0 Å². The second kappa shape index (κ2) is 4.56. The largest absolute Gasteiger partial charge is 0.451 e. The van der Waals surface area contributed by atoms with Crippen molar-refractivity contribution in [2.24, 2.45) is 0 Å². The van der Waals surface area contributed by atoms with Crippen LogP contribution in [-0.2, 0) is 6.18 Å². The highest BCUT2D eigenvalue weighted by Crippen LogP contribution is 2.27. The standard InChI is InChI=1S/C13H6F3N5/c14-13(15,16)12-18-6-9-11(21-12)20-10(19-9)8-3-1-2-7(4-8)5-17/h1-4,6H,(H,18,19,20,21). The molecule has 0 aliphatic heterocycles. The van der Waals surface area contributed by atoms with Gasteiger partial charge in [-0.15, -0.1) is 0 Å². The number of nitriles is 1. The third kappa shape index (κ3) is 2.41. The molecule has 0 amide bonds. The van der Waals surface area contributed by atoms with Gasteiger partial charge in [0.05, 0.1) is 17.8 Å². The van der Waals surface area contributed by atoms with Gasteiger partial charge in [-0.3, -0.25) is 0 Å². The van der Waals surface area contributed by atoms with Crippen LogP contribution < -0.4 is 0 Å². The lowest BCUT2D eigenvalue weighted by molar-refractivity contribution is -0.144. The number of aromatic nitrogens is 4. The van der Waals surface area contributed by atoms with Crippen LogP contribution in [0.1, 0.15) is 11.4 Å². The molecule has 0 aliphatic rings. The molecule has 1 aromatic carbocycles. The predicted octanol–water partition coefficient (Wildman–Crippen LogP) is 2.91. The third-order valence-corrected chi connectivity index (χ3v) is 2.76. The molecule has 3 aromatic rings. The maximum absolute atomic E-state index is 12.5. The van der Waals surface area contributed by atoms with Crippen molar-refractivity contribution >= 4 is 11.2 Å². The van der Waals surface area contributed by atoms with E-state index in [9.17, 15) is 13.2 Å². The average molecular weight is 289 g/mol. The molecule has 0 saturated heterocycles. The van der Waals surface area contributed by atoms with Crippen molar-refractivity contribution in [3.8, 4) is 17.5 Å². The Morgan fingerprint density at radius 1 is 1.19 bits per heavy atom. The molecule has 21 heavy (non-hydrogen) atoms. The van der Waals surface area contributed by atoms with Gasteiger partial charge >= 0.3 is 6.18 Å². The Morgan fingerprint density at radius 2 is 2.00 bits per heavy atom. The van der Waals surface area contributed by atoms with Crippen LogP contribution >= 0.6 is 0 Å². The van der Waals surface area contributed by atoms with Crippen molar-refractivity contribution in [3.05, 3.63) is 41.9 Å². The van der Waals surface area contributed by atoms with E-state index in [2.05, 4.69) is 19.9 Å². The maximum Gasteiger partial charge on any atom is 0.451 e. The lowest BCUT2D eigenvalue weighted by atomic mass is 10.1. The van der Waals surface area contributed by atoms with Crippen molar-refractivity contribution in [3.63, 3.8) is 0 Å². The van der Waals surface area contributed by atoms with E-state index in [0.29, 0.717) is 22.5 Å². The zero-order valence-corrected chi connectivity index (χ0v) is 10.3. The maximum atomic E-state index is 12.5. The molecule has 0 atom stereocenters. The number of imidazole rings is 1. The molecule has 2 heterocycles. The van der Waals surface area contributed by atoms with E-state index in [1.165, 1.54) is 0 Å². The number of benzene rings is 1. The smallest absolute Gasteiger partial charge is 0.335 e. The van der Waals surface area contributed by atoms with E-state index in [4.69, 9.17) is 5.26 Å². The lowest BCUT2D eigenvalue weighted by Gasteiger charge is -2.02. The Hall–Kier alpha value is -2.95. The molecule has 8 heteroatoms. The van der Waals surface area contributed by atoms with Crippen LogP contribution in [0.15, 0.2) is 30.5 Å². The first-order valence-electron chi connectivity index (χ1n) is 5.78. The monoisotopic (exact) mass is 289 g/mol. The van der Waals surface area contributed by atoms with Gasteiger partial charge in [0.1, 0.15) is 11.3 Å². The number of hydrogen-bond donors (Lipinski definition) is 1. The second-order valence-corrected chi connectivity index (χ2v) is 4.21. The summed E-state index contributed by atoms with van der Waals surface area (Å²) in [6, 6.07) is 8.53. The minimum Gasteiger partial charge on any atom is -0.335 e. The molecule has 5 nitrogen and oxygen atoms in total. The fourth-order valence-corrected chi connectivity index (χ4v) is 1.82. The summed E-state index contributed by atoms with van der Waals surface area (Å²) in [6.45, 7) is 0. The topological polar surface area (TPSA) is 78.2 Å². The van der Waals surface area contributed by atoms with Crippen LogP contribution in [0.3, 0.4) is 0 Å². The highest BCUT2D eigenvalue weighted by atomic mass is 19.4. The van der Waals surface area contributed by atoms with Crippen LogP contribution in [0.2, 0.25) is 0 Å². The Kier molecular flexibility index (Phi) is 2.83. The van der Waals surface area contributed by atoms with Gasteiger partial charge in [-0.25, -0.2) is 15.0 Å². The number of rotatable bonds is 1. The molecular weight excluding hydrogens is 283 g/mol. The molecule has 2 aromatic heterocycles. The molecule has 0 unspecified atom stereocenters. The van der Waals surface area contributed by atoms with E-state index in [1.807, 2.05) is 6.07 Å². The average Bonchev–Trinajstić information content (AvgIpc) is 2.89. The summed E-state index contributed by atoms with van der Waals surface area (Å²) in [6.07, 6.45) is -3.58. The molecule has 0 saturated carbocycles. The molecule has 1 N–H and O–H groups in total. The normalized spacial score (nSPS) is 11.5. The fourth-order valence-electron chi connectivity index (χ4n) is 1.82. The van der Waals surface area contributed by atoms with Crippen LogP contribution in [-0.4, -0.2) is 19.9 Å². The molecule has 0 bridgehead atoms. The summed E-state index contributed by atoms with van der Waals surface area (Å²) >= 11 is 0. The van der Waals surface area contributed by atoms with Gasteiger partial charge in [0, 0.05) is 5.56 Å². The predicted molar refractivity (Wildman–Crippen MR) is 66.8 cm³/mol. The number of hydrogen-bond acceptors (Lipinski definition) is 4. The van der Waals surface area contributed by atoms with Crippen molar-refractivity contribution in [1.29, 1.82) is 5.26 Å². The van der Waals surface area contributed by atoms with E-state index in [0.717, 1.165) is 6.20 Å². The van der Waals surface area contributed by atoms with Crippen LogP contribution in [0.4, 0.5) is 13.2 Å². The fraction of sp³-hybridized carbons (Fsp3) is 0.0769. The number of alkyl halides is 3. The Morgan fingerprint density at radius 3 is 2.71 bits per heavy atom. The van der Waals surface area contributed by atoms with Gasteiger partial charge in [-0.05, 0) is 12.1 Å². The van der Waals surface area contributed by atoms with Gasteiger partial charge in [0.2, 0.25) is 5.82 Å². The number of halogens is 3. The van der Waals surface area contributed by atoms with Gasteiger partial charge in [-0.2, -0.15) is 18.4 Å². The summed E-state index contributed by atoms with van der Waals surface area (Å²) in [5.41, 5.74) is 1.23. The Bertz CT molecular complexity index is 860. The first kappa shape index (κ1) is 13.1. The summed E-state index contributed by atoms with van der Waals surface area (Å²) in [5, 5.41) is 8.85. The molecule has 0 spiro atoms. The molecule has 3 rings (SSSR count). The molecule has 104 valence electrons. The van der Waals surface area contributed by atoms with E-state index in [1.54, 1.807) is 24.3 Å². The molecule has 0 aliphatic carbocycles. The number of fused-ring (bicyclic) bond motifs is 1. The zero-order chi connectivity index (χ0) is 15.0. The van der Waals surface area contributed by atoms with Crippen LogP contribution in [0.25, 0.3) is 22.6 Å². The lowest BCUT2D eigenvalue weighted by Crippen LogP contribution is -2.10. The third-order valence-electron chi connectivity index (χ3n) is 2.76. The van der Waals surface area contributed by atoms with Crippen LogP contribution in [0, 0.1) is 11.3 Å². The van der Waals surface area contributed by atoms with Crippen molar-refractivity contribution in [2.45, 2.75) is 6.18 Å². The minimum absolute atomic E-state index is 0.0744. The number of aromatic amines is 1.